The van der Waals surface area contributed by atoms with Gasteiger partial charge in [-0.2, -0.15) is 13.2 Å². The summed E-state index contributed by atoms with van der Waals surface area (Å²) in [6, 6.07) is 0.788. The third-order valence-corrected chi connectivity index (χ3v) is 4.82. The van der Waals surface area contributed by atoms with E-state index >= 15 is 0 Å². The van der Waals surface area contributed by atoms with Crippen molar-refractivity contribution >= 4 is 28.9 Å². The number of aliphatic imine (C=N–C) groups is 1. The molecule has 2 aromatic rings. The first kappa shape index (κ1) is 21.2. The predicted molar refractivity (Wildman–Crippen MR) is 99.5 cm³/mol. The van der Waals surface area contributed by atoms with E-state index in [1.165, 1.54) is 4.88 Å². The van der Waals surface area contributed by atoms with E-state index in [2.05, 4.69) is 25.6 Å². The van der Waals surface area contributed by atoms with Crippen LogP contribution in [0.4, 0.5) is 13.2 Å². The van der Waals surface area contributed by atoms with Gasteiger partial charge in [0.05, 0.1) is 24.3 Å². The van der Waals surface area contributed by atoms with Crippen molar-refractivity contribution in [2.75, 3.05) is 20.2 Å². The summed E-state index contributed by atoms with van der Waals surface area (Å²) in [4.78, 5) is 13.3. The van der Waals surface area contributed by atoms with Gasteiger partial charge in [-0.3, -0.25) is 4.99 Å². The van der Waals surface area contributed by atoms with E-state index in [1.807, 2.05) is 13.8 Å². The third kappa shape index (κ3) is 6.24. The van der Waals surface area contributed by atoms with Crippen molar-refractivity contribution in [2.24, 2.45) is 4.99 Å². The summed E-state index contributed by atoms with van der Waals surface area (Å²) >= 11 is 7.40. The first-order valence-electron chi connectivity index (χ1n) is 7.93. The Morgan fingerprint density at radius 3 is 2.63 bits per heavy atom. The number of aromatic nitrogens is 2. The van der Waals surface area contributed by atoms with Crippen LogP contribution in [0.25, 0.3) is 0 Å². The molecule has 0 radical (unpaired) electrons. The molecule has 27 heavy (non-hydrogen) atoms. The third-order valence-electron chi connectivity index (χ3n) is 3.47. The lowest BCUT2D eigenvalue weighted by molar-refractivity contribution is -0.137. The van der Waals surface area contributed by atoms with E-state index in [0.717, 1.165) is 16.8 Å². The Morgan fingerprint density at radius 1 is 1.33 bits per heavy atom. The molecule has 0 saturated heterocycles. The van der Waals surface area contributed by atoms with Gasteiger partial charge in [-0.1, -0.05) is 11.6 Å². The van der Waals surface area contributed by atoms with Crippen LogP contribution in [0.2, 0.25) is 5.02 Å². The van der Waals surface area contributed by atoms with Gasteiger partial charge in [0.1, 0.15) is 16.6 Å². The second kappa shape index (κ2) is 9.23. The maximum Gasteiger partial charge on any atom is 0.417 e. The van der Waals surface area contributed by atoms with Crippen molar-refractivity contribution in [1.29, 1.82) is 0 Å². The number of aryl methyl sites for hydroxylation is 2. The molecule has 0 aromatic carbocycles. The second-order valence-corrected chi connectivity index (χ2v) is 7.15. The zero-order chi connectivity index (χ0) is 20.0. The van der Waals surface area contributed by atoms with Gasteiger partial charge < -0.3 is 15.4 Å². The quantitative estimate of drug-likeness (QED) is 0.424. The average Bonchev–Trinajstić information content (AvgIpc) is 2.92. The summed E-state index contributed by atoms with van der Waals surface area (Å²) in [6.45, 7) is 5.01. The molecule has 0 atom stereocenters. The topological polar surface area (TPSA) is 71.4 Å². The number of guanidine groups is 1. The number of nitrogens with one attached hydrogen (secondary N) is 2. The normalized spacial score (nSPS) is 12.2. The van der Waals surface area contributed by atoms with Crippen LogP contribution >= 0.6 is 22.9 Å². The monoisotopic (exact) mass is 421 g/mol. The lowest BCUT2D eigenvalue weighted by Gasteiger charge is -2.12. The van der Waals surface area contributed by atoms with Crippen LogP contribution in [0.1, 0.15) is 21.1 Å². The van der Waals surface area contributed by atoms with E-state index < -0.39 is 11.7 Å². The number of hydrogen-bond donors (Lipinski definition) is 2. The number of nitrogens with zero attached hydrogens (tertiary/aromatic N) is 3. The molecule has 2 N–H and O–H groups in total. The van der Waals surface area contributed by atoms with Gasteiger partial charge in [0, 0.05) is 18.1 Å². The number of halogens is 4. The summed E-state index contributed by atoms with van der Waals surface area (Å²) in [5, 5.41) is 6.91. The van der Waals surface area contributed by atoms with Gasteiger partial charge in [0.2, 0.25) is 5.88 Å². The SMILES string of the molecule is CN=C(NCCOc1ncc(C(F)(F)F)cc1Cl)NCc1nc(C)c(C)s1. The average molecular weight is 422 g/mol. The molecule has 11 heteroatoms. The van der Waals surface area contributed by atoms with E-state index in [4.69, 9.17) is 16.3 Å². The number of hydrogen-bond acceptors (Lipinski definition) is 5. The van der Waals surface area contributed by atoms with Gasteiger partial charge in [-0.25, -0.2) is 9.97 Å². The molecule has 0 unspecified atom stereocenters. The maximum absolute atomic E-state index is 12.6. The van der Waals surface area contributed by atoms with Crippen LogP contribution in [-0.2, 0) is 12.7 Å². The highest BCUT2D eigenvalue weighted by Gasteiger charge is 2.31. The van der Waals surface area contributed by atoms with Crippen LogP contribution < -0.4 is 15.4 Å². The number of ether oxygens (including phenoxy) is 1. The minimum atomic E-state index is -4.50. The molecule has 0 bridgehead atoms. The molecule has 0 saturated carbocycles. The number of thiazole rings is 1. The largest absolute Gasteiger partial charge is 0.475 e. The first-order chi connectivity index (χ1) is 12.7. The molecule has 0 aliphatic heterocycles. The van der Waals surface area contributed by atoms with Gasteiger partial charge in [-0.05, 0) is 19.9 Å². The minimum absolute atomic E-state index is 0.0526. The standard InChI is InChI=1S/C16H19ClF3N5OS/c1-9-10(2)27-13(25-9)8-24-15(21-3)22-4-5-26-14-12(17)6-11(7-23-14)16(18,19)20/h6-7H,4-5,8H2,1-3H3,(H2,21,22,24). The first-order valence-corrected chi connectivity index (χ1v) is 9.13. The zero-order valence-electron chi connectivity index (χ0n) is 14.9. The van der Waals surface area contributed by atoms with Crippen LogP contribution in [-0.4, -0.2) is 36.1 Å². The Morgan fingerprint density at radius 2 is 2.07 bits per heavy atom. The van der Waals surface area contributed by atoms with Crippen molar-refractivity contribution in [2.45, 2.75) is 26.6 Å². The molecule has 2 rings (SSSR count). The molecule has 6 nitrogen and oxygen atoms in total. The number of rotatable bonds is 6. The van der Waals surface area contributed by atoms with Gasteiger partial charge in [0.15, 0.2) is 5.96 Å². The van der Waals surface area contributed by atoms with Crippen LogP contribution in [0.15, 0.2) is 17.3 Å². The highest BCUT2D eigenvalue weighted by molar-refractivity contribution is 7.11. The Balaban J connectivity index is 1.78. The van der Waals surface area contributed by atoms with Crippen molar-refractivity contribution in [3.05, 3.63) is 38.4 Å². The number of alkyl halides is 3. The van der Waals surface area contributed by atoms with Crippen molar-refractivity contribution < 1.29 is 17.9 Å². The van der Waals surface area contributed by atoms with Gasteiger partial charge >= 0.3 is 6.18 Å². The van der Waals surface area contributed by atoms with E-state index in [1.54, 1.807) is 18.4 Å². The number of pyridine rings is 1. The lowest BCUT2D eigenvalue weighted by atomic mass is 10.3. The predicted octanol–water partition coefficient (Wildman–Crippen LogP) is 3.57. The van der Waals surface area contributed by atoms with Crippen LogP contribution in [0.3, 0.4) is 0 Å². The summed E-state index contributed by atoms with van der Waals surface area (Å²) in [7, 11) is 1.63. The molecule has 2 aromatic heterocycles. The van der Waals surface area contributed by atoms with E-state index in [0.29, 0.717) is 25.2 Å². The van der Waals surface area contributed by atoms with Crippen molar-refractivity contribution in [3.8, 4) is 5.88 Å². The molecule has 0 aliphatic rings. The fraction of sp³-hybridized carbons (Fsp3) is 0.438. The van der Waals surface area contributed by atoms with Crippen molar-refractivity contribution in [1.82, 2.24) is 20.6 Å². The van der Waals surface area contributed by atoms with Gasteiger partial charge in [0.25, 0.3) is 0 Å². The maximum atomic E-state index is 12.6. The molecule has 2 heterocycles. The Hall–Kier alpha value is -2.07. The summed E-state index contributed by atoms with van der Waals surface area (Å²) in [5.74, 6) is 0.499. The Labute approximate surface area is 163 Å². The van der Waals surface area contributed by atoms with E-state index in [9.17, 15) is 13.2 Å². The minimum Gasteiger partial charge on any atom is -0.475 e. The summed E-state index contributed by atoms with van der Waals surface area (Å²) in [5.41, 5.74) is 0.0873. The molecular formula is C16H19ClF3N5OS. The Bertz CT molecular complexity index is 790. The van der Waals surface area contributed by atoms with Crippen LogP contribution in [0.5, 0.6) is 5.88 Å². The highest BCUT2D eigenvalue weighted by atomic mass is 35.5. The summed E-state index contributed by atoms with van der Waals surface area (Å²) < 4.78 is 43.1. The molecular weight excluding hydrogens is 403 g/mol. The molecule has 0 amide bonds. The second-order valence-electron chi connectivity index (χ2n) is 5.46. The smallest absolute Gasteiger partial charge is 0.417 e. The van der Waals surface area contributed by atoms with E-state index in [-0.39, 0.29) is 17.5 Å². The van der Waals surface area contributed by atoms with Crippen LogP contribution in [0, 0.1) is 13.8 Å². The molecule has 0 aliphatic carbocycles. The summed E-state index contributed by atoms with van der Waals surface area (Å²) in [6.07, 6.45) is -3.81. The fourth-order valence-electron chi connectivity index (χ4n) is 2.00. The molecule has 0 spiro atoms. The zero-order valence-corrected chi connectivity index (χ0v) is 16.5. The lowest BCUT2D eigenvalue weighted by Crippen LogP contribution is -2.38. The molecule has 148 valence electrons. The van der Waals surface area contributed by atoms with Gasteiger partial charge in [-0.15, -0.1) is 11.3 Å². The fourth-order valence-corrected chi connectivity index (χ4v) is 3.09. The molecule has 0 fully saturated rings. The Kier molecular flexibility index (Phi) is 7.25. The van der Waals surface area contributed by atoms with Crippen molar-refractivity contribution in [3.63, 3.8) is 0 Å². The highest BCUT2D eigenvalue weighted by Crippen LogP contribution is 2.32.